The molecule has 0 aliphatic rings. The molecule has 0 aliphatic carbocycles. The van der Waals surface area contributed by atoms with Gasteiger partial charge in [0.25, 0.3) is 0 Å². The molecule has 0 spiro atoms. The first-order chi connectivity index (χ1) is 5.86. The van der Waals surface area contributed by atoms with Gasteiger partial charge in [-0.25, -0.2) is 4.37 Å². The van der Waals surface area contributed by atoms with E-state index in [0.717, 1.165) is 11.2 Å². The molecular weight excluding hydrogens is 234 g/mol. The van der Waals surface area contributed by atoms with Crippen LogP contribution < -0.4 is 0 Å². The Bertz CT molecular complexity index is 194. The minimum absolute atomic E-state index is 0.826. The zero-order valence-corrected chi connectivity index (χ0v) is 9.70. The van der Waals surface area contributed by atoms with Crippen LogP contribution in [0.5, 0.6) is 0 Å². The van der Waals surface area contributed by atoms with Crippen molar-refractivity contribution in [2.24, 2.45) is 5.92 Å². The minimum Gasteiger partial charge on any atom is -0.201 e. The van der Waals surface area contributed by atoms with Gasteiger partial charge in [-0.3, -0.25) is 0 Å². The monoisotopic (exact) mass is 247 g/mol. The smallest absolute Gasteiger partial charge is 0.0409 e. The number of halogens is 1. The average molecular weight is 248 g/mol. The van der Waals surface area contributed by atoms with Crippen molar-refractivity contribution in [3.05, 3.63) is 17.1 Å². The minimum atomic E-state index is 0.826. The van der Waals surface area contributed by atoms with Crippen molar-refractivity contribution in [1.82, 2.24) is 4.37 Å². The van der Waals surface area contributed by atoms with E-state index in [9.17, 15) is 0 Å². The lowest BCUT2D eigenvalue weighted by molar-refractivity contribution is 0.530. The van der Waals surface area contributed by atoms with Crippen molar-refractivity contribution in [3.63, 3.8) is 0 Å². The Labute approximate surface area is 86.5 Å². The first-order valence-electron chi connectivity index (χ1n) is 4.32. The van der Waals surface area contributed by atoms with E-state index in [2.05, 4.69) is 33.3 Å². The van der Waals surface area contributed by atoms with E-state index < -0.39 is 0 Å². The van der Waals surface area contributed by atoms with E-state index in [1.54, 1.807) is 11.5 Å². The zero-order valence-electron chi connectivity index (χ0n) is 7.29. The zero-order chi connectivity index (χ0) is 8.81. The van der Waals surface area contributed by atoms with Crippen LogP contribution in [0, 0.1) is 5.92 Å². The summed E-state index contributed by atoms with van der Waals surface area (Å²) in [7, 11) is 0. The van der Waals surface area contributed by atoms with Crippen LogP contribution in [0.15, 0.2) is 12.3 Å². The maximum atomic E-state index is 4.08. The molecule has 3 heteroatoms. The molecule has 1 atom stereocenters. The predicted octanol–water partition coefficient (Wildman–Crippen LogP) is 3.50. The molecule has 1 unspecified atom stereocenters. The molecule has 68 valence electrons. The number of rotatable bonds is 5. The highest BCUT2D eigenvalue weighted by molar-refractivity contribution is 9.09. The highest BCUT2D eigenvalue weighted by Crippen LogP contribution is 2.16. The lowest BCUT2D eigenvalue weighted by atomic mass is 10.0. The molecule has 0 aromatic carbocycles. The summed E-state index contributed by atoms with van der Waals surface area (Å²) in [5.74, 6) is 0.826. The van der Waals surface area contributed by atoms with Gasteiger partial charge < -0.3 is 0 Å². The van der Waals surface area contributed by atoms with Gasteiger partial charge in [0.2, 0.25) is 0 Å². The van der Waals surface area contributed by atoms with Crippen LogP contribution in [0.3, 0.4) is 0 Å². The number of nitrogens with zero attached hydrogens (tertiary/aromatic N) is 1. The van der Waals surface area contributed by atoms with Gasteiger partial charge in [-0.05, 0) is 36.4 Å². The molecule has 0 N–H and O–H groups in total. The largest absolute Gasteiger partial charge is 0.201 e. The average Bonchev–Trinajstić information content (AvgIpc) is 2.59. The summed E-state index contributed by atoms with van der Waals surface area (Å²) < 4.78 is 4.08. The van der Waals surface area contributed by atoms with Crippen LogP contribution in [0.2, 0.25) is 0 Å². The van der Waals surface area contributed by atoms with Crippen LogP contribution in [0.25, 0.3) is 0 Å². The molecular formula is C9H14BrNS. The van der Waals surface area contributed by atoms with Gasteiger partial charge in [-0.15, -0.1) is 0 Å². The molecule has 0 saturated carbocycles. The number of aromatic nitrogens is 1. The second-order valence-corrected chi connectivity index (χ2v) is 4.51. The Morgan fingerprint density at radius 3 is 3.00 bits per heavy atom. The molecule has 0 radical (unpaired) electrons. The molecule has 0 fully saturated rings. The van der Waals surface area contributed by atoms with Crippen LogP contribution in [-0.2, 0) is 6.42 Å². The Hall–Kier alpha value is 0.110. The molecule has 1 heterocycles. The van der Waals surface area contributed by atoms with Gasteiger partial charge >= 0.3 is 0 Å². The summed E-state index contributed by atoms with van der Waals surface area (Å²) in [6.45, 7) is 2.25. The molecule has 1 rings (SSSR count). The van der Waals surface area contributed by atoms with E-state index >= 15 is 0 Å². The van der Waals surface area contributed by atoms with E-state index in [4.69, 9.17) is 0 Å². The fraction of sp³-hybridized carbons (Fsp3) is 0.667. The quantitative estimate of drug-likeness (QED) is 0.727. The second kappa shape index (κ2) is 5.70. The lowest BCUT2D eigenvalue weighted by Crippen LogP contribution is -2.01. The van der Waals surface area contributed by atoms with E-state index in [1.165, 1.54) is 24.1 Å². The molecule has 1 aromatic heterocycles. The third-order valence-corrected chi connectivity index (χ3v) is 3.80. The van der Waals surface area contributed by atoms with Crippen molar-refractivity contribution < 1.29 is 0 Å². The molecule has 1 aromatic rings. The highest BCUT2D eigenvalue weighted by Gasteiger charge is 2.04. The van der Waals surface area contributed by atoms with Crippen molar-refractivity contribution in [2.45, 2.75) is 26.2 Å². The van der Waals surface area contributed by atoms with Crippen molar-refractivity contribution in [2.75, 3.05) is 5.33 Å². The Morgan fingerprint density at radius 2 is 2.50 bits per heavy atom. The summed E-state index contributed by atoms with van der Waals surface area (Å²) >= 11 is 5.15. The maximum absolute atomic E-state index is 4.08. The van der Waals surface area contributed by atoms with Gasteiger partial charge in [-0.2, -0.15) is 0 Å². The van der Waals surface area contributed by atoms with Crippen LogP contribution in [0.1, 0.15) is 24.6 Å². The Kier molecular flexibility index (Phi) is 4.84. The van der Waals surface area contributed by atoms with Crippen LogP contribution in [-0.4, -0.2) is 9.70 Å². The predicted molar refractivity (Wildman–Crippen MR) is 58.0 cm³/mol. The van der Waals surface area contributed by atoms with Gasteiger partial charge in [0.1, 0.15) is 0 Å². The van der Waals surface area contributed by atoms with Gasteiger partial charge in [0, 0.05) is 16.4 Å². The first kappa shape index (κ1) is 10.2. The van der Waals surface area contributed by atoms with Crippen molar-refractivity contribution in [1.29, 1.82) is 0 Å². The van der Waals surface area contributed by atoms with E-state index in [-0.39, 0.29) is 0 Å². The van der Waals surface area contributed by atoms with E-state index in [0.29, 0.717) is 0 Å². The fourth-order valence-corrected chi connectivity index (χ4v) is 2.48. The second-order valence-electron chi connectivity index (χ2n) is 2.95. The number of hydrogen-bond donors (Lipinski definition) is 0. The summed E-state index contributed by atoms with van der Waals surface area (Å²) in [6.07, 6.45) is 5.62. The number of hydrogen-bond acceptors (Lipinski definition) is 2. The summed E-state index contributed by atoms with van der Waals surface area (Å²) in [5.41, 5.74) is 0. The Morgan fingerprint density at radius 1 is 1.67 bits per heavy atom. The first-order valence-corrected chi connectivity index (χ1v) is 6.21. The number of alkyl halides is 1. The maximum Gasteiger partial charge on any atom is 0.0409 e. The van der Waals surface area contributed by atoms with Gasteiger partial charge in [0.15, 0.2) is 0 Å². The molecule has 1 nitrogen and oxygen atoms in total. The summed E-state index contributed by atoms with van der Waals surface area (Å²) in [5, 5.41) is 1.13. The molecule has 0 bridgehead atoms. The van der Waals surface area contributed by atoms with Crippen LogP contribution in [0.4, 0.5) is 0 Å². The highest BCUT2D eigenvalue weighted by atomic mass is 79.9. The Balaban J connectivity index is 2.25. The third-order valence-electron chi connectivity index (χ3n) is 2.09. The molecule has 0 aliphatic heterocycles. The van der Waals surface area contributed by atoms with E-state index in [1.807, 2.05) is 6.20 Å². The third kappa shape index (κ3) is 3.23. The fourth-order valence-electron chi connectivity index (χ4n) is 1.11. The molecule has 12 heavy (non-hydrogen) atoms. The topological polar surface area (TPSA) is 12.9 Å². The van der Waals surface area contributed by atoms with Crippen molar-refractivity contribution in [3.8, 4) is 0 Å². The van der Waals surface area contributed by atoms with Crippen molar-refractivity contribution >= 4 is 27.5 Å². The molecule has 0 amide bonds. The van der Waals surface area contributed by atoms with Crippen LogP contribution >= 0.6 is 27.5 Å². The SMILES string of the molecule is CCC(CBr)CCc1ccns1. The standard InChI is InChI=1S/C9H14BrNS/c1-2-8(7-10)3-4-9-5-6-11-12-9/h5-6,8H,2-4,7H2,1H3. The molecule has 0 saturated heterocycles. The van der Waals surface area contributed by atoms with Gasteiger partial charge in [0.05, 0.1) is 0 Å². The lowest BCUT2D eigenvalue weighted by Gasteiger charge is -2.08. The normalized spacial score (nSPS) is 13.2. The number of aryl methyl sites for hydroxylation is 1. The summed E-state index contributed by atoms with van der Waals surface area (Å²) in [4.78, 5) is 1.41. The summed E-state index contributed by atoms with van der Waals surface area (Å²) in [6, 6.07) is 2.12. The van der Waals surface area contributed by atoms with Gasteiger partial charge in [-0.1, -0.05) is 29.3 Å².